The first-order chi connectivity index (χ1) is 17.2. The molecule has 4 aliphatic heterocycles. The molecule has 1 aromatic rings. The SMILES string of the molecule is CN1CCC[C@H]1COc1nc(N2C[C@H]3CCC[C@@H](C2)N3C(=O)OC(C)(C)C)c2c(c1C#N)CNCC2. The number of ether oxygens (including phenoxy) is 2. The summed E-state index contributed by atoms with van der Waals surface area (Å²) in [6.45, 7) is 10.3. The van der Waals surface area contributed by atoms with E-state index in [-0.39, 0.29) is 18.2 Å². The molecular formula is C27H40N6O3. The van der Waals surface area contributed by atoms with Gasteiger partial charge in [0.1, 0.15) is 29.7 Å². The Morgan fingerprint density at radius 3 is 2.56 bits per heavy atom. The lowest BCUT2D eigenvalue weighted by Crippen LogP contribution is -2.63. The van der Waals surface area contributed by atoms with Gasteiger partial charge in [0.2, 0.25) is 5.88 Å². The van der Waals surface area contributed by atoms with Crippen LogP contribution >= 0.6 is 0 Å². The molecule has 9 nitrogen and oxygen atoms in total. The number of nitriles is 1. The average Bonchev–Trinajstić information content (AvgIpc) is 3.24. The molecule has 1 N–H and O–H groups in total. The first kappa shape index (κ1) is 25.1. The molecule has 0 saturated carbocycles. The lowest BCUT2D eigenvalue weighted by Gasteiger charge is -2.50. The molecule has 1 aromatic heterocycles. The molecule has 5 rings (SSSR count). The van der Waals surface area contributed by atoms with Gasteiger partial charge in [-0.05, 0) is 85.0 Å². The van der Waals surface area contributed by atoms with Gasteiger partial charge in [0.15, 0.2) is 0 Å². The predicted molar refractivity (Wildman–Crippen MR) is 137 cm³/mol. The number of carbonyl (C=O) groups is 1. The second-order valence-electron chi connectivity index (χ2n) is 11.7. The minimum Gasteiger partial charge on any atom is -0.475 e. The molecule has 5 heterocycles. The zero-order chi connectivity index (χ0) is 25.4. The number of likely N-dealkylation sites (N-methyl/N-ethyl adjacent to an activating group) is 1. The van der Waals surface area contributed by atoms with Gasteiger partial charge in [-0.2, -0.15) is 10.2 Å². The van der Waals surface area contributed by atoms with Gasteiger partial charge in [-0.3, -0.25) is 4.90 Å². The van der Waals surface area contributed by atoms with Crippen molar-refractivity contribution >= 4 is 11.9 Å². The summed E-state index contributed by atoms with van der Waals surface area (Å²) in [6, 6.07) is 2.94. The van der Waals surface area contributed by atoms with Crippen LogP contribution in [0.15, 0.2) is 0 Å². The third-order valence-corrected chi connectivity index (χ3v) is 8.03. The Morgan fingerprint density at radius 2 is 1.92 bits per heavy atom. The molecule has 3 atom stereocenters. The maximum absolute atomic E-state index is 13.1. The summed E-state index contributed by atoms with van der Waals surface area (Å²) >= 11 is 0. The number of nitrogens with zero attached hydrogens (tertiary/aromatic N) is 5. The monoisotopic (exact) mass is 496 g/mol. The Bertz CT molecular complexity index is 1020. The highest BCUT2D eigenvalue weighted by atomic mass is 16.6. The van der Waals surface area contributed by atoms with E-state index < -0.39 is 5.60 Å². The van der Waals surface area contributed by atoms with Gasteiger partial charge in [-0.15, -0.1) is 0 Å². The number of carbonyl (C=O) groups excluding carboxylic acids is 1. The van der Waals surface area contributed by atoms with Crippen LogP contribution in [0.2, 0.25) is 0 Å². The zero-order valence-electron chi connectivity index (χ0n) is 22.2. The first-order valence-corrected chi connectivity index (χ1v) is 13.5. The predicted octanol–water partition coefficient (Wildman–Crippen LogP) is 3.05. The molecule has 196 valence electrons. The van der Waals surface area contributed by atoms with Gasteiger partial charge >= 0.3 is 6.09 Å². The Kier molecular flexibility index (Phi) is 7.01. The number of fused-ring (bicyclic) bond motifs is 3. The molecule has 0 spiro atoms. The van der Waals surface area contributed by atoms with E-state index in [0.29, 0.717) is 30.6 Å². The topological polar surface area (TPSA) is 94.0 Å². The van der Waals surface area contributed by atoms with E-state index in [4.69, 9.17) is 14.5 Å². The molecule has 9 heteroatoms. The summed E-state index contributed by atoms with van der Waals surface area (Å²) in [5.74, 6) is 1.39. The number of rotatable bonds is 4. The van der Waals surface area contributed by atoms with E-state index in [1.54, 1.807) is 0 Å². The normalized spacial score (nSPS) is 26.4. The Labute approximate surface area is 214 Å². The minimum absolute atomic E-state index is 0.0960. The van der Waals surface area contributed by atoms with Gasteiger partial charge in [0, 0.05) is 31.2 Å². The fourth-order valence-corrected chi connectivity index (χ4v) is 6.26. The van der Waals surface area contributed by atoms with Crippen molar-refractivity contribution < 1.29 is 14.3 Å². The molecule has 1 amide bonds. The number of hydrogen-bond acceptors (Lipinski definition) is 8. The number of piperidine rings is 1. The molecular weight excluding hydrogens is 456 g/mol. The van der Waals surface area contributed by atoms with Crippen molar-refractivity contribution in [1.82, 2.24) is 20.1 Å². The lowest BCUT2D eigenvalue weighted by molar-refractivity contribution is -0.00980. The molecule has 2 bridgehead atoms. The summed E-state index contributed by atoms with van der Waals surface area (Å²) < 4.78 is 12.0. The Balaban J connectivity index is 1.43. The van der Waals surface area contributed by atoms with Gasteiger partial charge in [-0.25, -0.2) is 4.79 Å². The van der Waals surface area contributed by atoms with Crippen molar-refractivity contribution in [3.05, 3.63) is 16.7 Å². The van der Waals surface area contributed by atoms with E-state index in [2.05, 4.69) is 28.2 Å². The van der Waals surface area contributed by atoms with Crippen LogP contribution in [0.4, 0.5) is 10.6 Å². The van der Waals surface area contributed by atoms with Crippen LogP contribution < -0.4 is 15.0 Å². The van der Waals surface area contributed by atoms with Crippen molar-refractivity contribution in [2.24, 2.45) is 0 Å². The van der Waals surface area contributed by atoms with E-state index in [1.165, 1.54) is 6.42 Å². The number of likely N-dealkylation sites (tertiary alicyclic amines) is 1. The minimum atomic E-state index is -0.511. The number of nitrogens with one attached hydrogen (secondary N) is 1. The van der Waals surface area contributed by atoms with E-state index in [9.17, 15) is 10.1 Å². The van der Waals surface area contributed by atoms with Gasteiger partial charge in [0.05, 0.1) is 12.1 Å². The van der Waals surface area contributed by atoms with Crippen molar-refractivity contribution in [3.8, 4) is 11.9 Å². The third-order valence-electron chi connectivity index (χ3n) is 8.03. The molecule has 0 unspecified atom stereocenters. The van der Waals surface area contributed by atoms with Gasteiger partial charge < -0.3 is 24.6 Å². The zero-order valence-corrected chi connectivity index (χ0v) is 22.2. The number of piperazine rings is 1. The van der Waals surface area contributed by atoms with Crippen LogP contribution in [0, 0.1) is 11.3 Å². The standard InChI is InChI=1S/C27H40N6O3/c1-27(2,3)36-26(34)33-18-7-5-8-19(33)16-32(15-18)24-21-10-11-29-14-23(21)22(13-28)25(30-24)35-17-20-9-6-12-31(20)4/h18-20,29H,5-12,14-17H2,1-4H3/t18-,19+,20-/m0/s1. The van der Waals surface area contributed by atoms with E-state index >= 15 is 0 Å². The molecule has 0 radical (unpaired) electrons. The highest BCUT2D eigenvalue weighted by molar-refractivity contribution is 5.70. The van der Waals surface area contributed by atoms with Crippen molar-refractivity contribution in [2.45, 2.75) is 89.6 Å². The van der Waals surface area contributed by atoms with Crippen molar-refractivity contribution in [3.63, 3.8) is 0 Å². The summed E-state index contributed by atoms with van der Waals surface area (Å²) in [4.78, 5) is 24.8. The molecule has 3 fully saturated rings. The number of aromatic nitrogens is 1. The molecule has 0 aliphatic carbocycles. The molecule has 36 heavy (non-hydrogen) atoms. The fraction of sp³-hybridized carbons (Fsp3) is 0.741. The number of hydrogen-bond donors (Lipinski definition) is 1. The lowest BCUT2D eigenvalue weighted by atomic mass is 9.90. The maximum atomic E-state index is 13.1. The van der Waals surface area contributed by atoms with Crippen molar-refractivity contribution in [2.75, 3.05) is 44.7 Å². The number of pyridine rings is 1. The maximum Gasteiger partial charge on any atom is 0.410 e. The Hall–Kier alpha value is -2.57. The quantitative estimate of drug-likeness (QED) is 0.680. The fourth-order valence-electron chi connectivity index (χ4n) is 6.26. The van der Waals surface area contributed by atoms with Gasteiger partial charge in [0.25, 0.3) is 0 Å². The summed E-state index contributed by atoms with van der Waals surface area (Å²) in [7, 11) is 2.13. The first-order valence-electron chi connectivity index (χ1n) is 13.5. The van der Waals surface area contributed by atoms with Gasteiger partial charge in [-0.1, -0.05) is 0 Å². The summed E-state index contributed by atoms with van der Waals surface area (Å²) in [5, 5.41) is 13.5. The van der Waals surface area contributed by atoms with E-state index in [1.807, 2.05) is 25.7 Å². The molecule has 4 aliphatic rings. The summed E-state index contributed by atoms with van der Waals surface area (Å²) in [5.41, 5.74) is 2.22. The van der Waals surface area contributed by atoms with Crippen molar-refractivity contribution in [1.29, 1.82) is 5.26 Å². The average molecular weight is 497 g/mol. The molecule has 0 aromatic carbocycles. The van der Waals surface area contributed by atoms with Crippen LogP contribution in [0.3, 0.4) is 0 Å². The second-order valence-corrected chi connectivity index (χ2v) is 11.7. The number of anilines is 1. The van der Waals surface area contributed by atoms with Crippen LogP contribution in [0.5, 0.6) is 5.88 Å². The third kappa shape index (κ3) is 4.98. The number of amides is 1. The Morgan fingerprint density at radius 1 is 1.17 bits per heavy atom. The van der Waals surface area contributed by atoms with Crippen LogP contribution in [-0.2, 0) is 17.7 Å². The van der Waals surface area contributed by atoms with Crippen LogP contribution in [0.25, 0.3) is 0 Å². The highest BCUT2D eigenvalue weighted by Gasteiger charge is 2.43. The largest absolute Gasteiger partial charge is 0.475 e. The van der Waals surface area contributed by atoms with E-state index in [0.717, 1.165) is 75.2 Å². The highest BCUT2D eigenvalue weighted by Crippen LogP contribution is 2.37. The van der Waals surface area contributed by atoms with Crippen LogP contribution in [0.1, 0.15) is 69.6 Å². The second kappa shape index (κ2) is 10.1. The molecule has 3 saturated heterocycles. The summed E-state index contributed by atoms with van der Waals surface area (Å²) in [6.07, 6.45) is 5.95. The van der Waals surface area contributed by atoms with Crippen LogP contribution in [-0.4, -0.2) is 84.4 Å². The smallest absolute Gasteiger partial charge is 0.410 e.